The second-order valence-corrected chi connectivity index (χ2v) is 40.3. The number of ketones is 1. The van der Waals surface area contributed by atoms with E-state index in [0.717, 1.165) is 18.5 Å². The van der Waals surface area contributed by atoms with Crippen LogP contribution < -0.4 is 5.32 Å². The van der Waals surface area contributed by atoms with Gasteiger partial charge in [-0.15, -0.1) is 0 Å². The Balaban J connectivity index is 0.781. The summed E-state index contributed by atoms with van der Waals surface area (Å²) in [6, 6.07) is -1.68. The maximum atomic E-state index is 16.3. The number of aliphatic hydroxyl groups is 20. The van der Waals surface area contributed by atoms with E-state index in [1.54, 1.807) is 13.8 Å². The first-order valence-electron chi connectivity index (χ1n) is 45.7. The summed E-state index contributed by atoms with van der Waals surface area (Å²) in [6.07, 6.45) is -50.1. The molecule has 14 unspecified atom stereocenters. The molecule has 7 aliphatic heterocycles. The van der Waals surface area contributed by atoms with Gasteiger partial charge in [0.25, 0.3) is 0 Å². The molecule has 4 saturated carbocycles. The van der Waals surface area contributed by atoms with Crippen molar-refractivity contribution in [3.05, 3.63) is 18.3 Å². The van der Waals surface area contributed by atoms with E-state index in [2.05, 4.69) is 46.0 Å². The zero-order chi connectivity index (χ0) is 93.1. The number of rotatable bonds is 33. The van der Waals surface area contributed by atoms with Crippen molar-refractivity contribution in [3.8, 4) is 0 Å². The fourth-order valence-electron chi connectivity index (χ4n) is 23.4. The summed E-state index contributed by atoms with van der Waals surface area (Å²) in [5.74, 6) is -4.50. The SMILES string of the molecule is CC[C@@H](C)[C@@H](CC(=O)C[C@@H](O)C[C@H](O[C@H]1O[C@@H](CC)[C@@H](O)C1O)[C@H](C)CC)C[C@H](O)CC(=O)N[C@@H]1C(CO)O[C@H](OC(=O)[C@]23CCC(C)(C)CC2C2=CCC4C5(C)CC[C@H](O[C@@H]6O[CH][C@H](O)[C@H](O[C@@H]7OC[C@H](O)[C@H](O)C7O)C6O[C@@H]6OC(CO)[C@H](O)[C@H](O)C6O)[C@](C)(C=O)[C@@H]5CC[C@]4(C)[C@]2(C)CC3O)[C@H](O[C@H]2OC(C)[C@@H](O[C@H]3OC[C@@H](O)C(O)[C@H]3O)C(O)[C@@H]2O)C1O. The van der Waals surface area contributed by atoms with Crippen LogP contribution in [0.5, 0.6) is 0 Å². The quantitative estimate of drug-likeness (QED) is 0.0136. The largest absolute Gasteiger partial charge is 0.432 e. The number of fused-ring (bicyclic) bond motifs is 7. The highest BCUT2D eigenvalue weighted by atomic mass is 16.8. The summed E-state index contributed by atoms with van der Waals surface area (Å²) in [6.45, 7) is 21.3. The van der Waals surface area contributed by atoms with Crippen LogP contribution in [0.1, 0.15) is 192 Å². The molecular formula is C88H144NO38. The molecule has 12 rings (SSSR count). The van der Waals surface area contributed by atoms with E-state index < -0.39 is 316 Å². The Morgan fingerprint density at radius 2 is 1.12 bits per heavy atom. The monoisotopic (exact) mass is 1820 g/mol. The molecular weight excluding hydrogens is 1680 g/mol. The summed E-state index contributed by atoms with van der Waals surface area (Å²) >= 11 is 0. The fourth-order valence-corrected chi connectivity index (χ4v) is 23.4. The molecule has 12 aliphatic rings. The second-order valence-electron chi connectivity index (χ2n) is 40.3. The Kier molecular flexibility index (Phi) is 33.4. The first-order chi connectivity index (χ1) is 59.7. The van der Waals surface area contributed by atoms with Crippen molar-refractivity contribution in [2.75, 3.05) is 26.4 Å². The van der Waals surface area contributed by atoms with Crippen molar-refractivity contribution >= 4 is 23.9 Å². The van der Waals surface area contributed by atoms with Gasteiger partial charge in [0.2, 0.25) is 12.2 Å². The Hall–Kier alpha value is -3.30. The molecule has 21 N–H and O–H groups in total. The van der Waals surface area contributed by atoms with Gasteiger partial charge >= 0.3 is 5.97 Å². The van der Waals surface area contributed by atoms with E-state index >= 15 is 4.79 Å². The third kappa shape index (κ3) is 20.2. The molecule has 0 bridgehead atoms. The van der Waals surface area contributed by atoms with Crippen LogP contribution in [0.4, 0.5) is 0 Å². The van der Waals surface area contributed by atoms with Gasteiger partial charge in [0.05, 0.1) is 87.0 Å². The lowest BCUT2D eigenvalue weighted by molar-refractivity contribution is -0.377. The molecule has 1 amide bonds. The molecule has 39 heteroatoms. The zero-order valence-corrected chi connectivity index (χ0v) is 74.6. The molecule has 7 heterocycles. The van der Waals surface area contributed by atoms with Crippen LogP contribution in [0.15, 0.2) is 11.6 Å². The summed E-state index contributed by atoms with van der Waals surface area (Å²) in [7, 11) is 0. The predicted octanol–water partition coefficient (Wildman–Crippen LogP) is -2.81. The van der Waals surface area contributed by atoms with Crippen molar-refractivity contribution in [1.29, 1.82) is 0 Å². The maximum absolute atomic E-state index is 16.3. The number of ether oxygens (including phenoxy) is 14. The number of hydrogen-bond donors (Lipinski definition) is 21. The molecule has 5 aliphatic carbocycles. The van der Waals surface area contributed by atoms with Gasteiger partial charge in [-0.2, -0.15) is 0 Å². The lowest BCUT2D eigenvalue weighted by atomic mass is 9.33. The van der Waals surface area contributed by atoms with Crippen LogP contribution >= 0.6 is 0 Å². The topological polar surface area (TPSA) is 614 Å². The number of carbonyl (C=O) groups is 4. The van der Waals surface area contributed by atoms with Crippen LogP contribution in [-0.4, -0.2) is 373 Å². The van der Waals surface area contributed by atoms with E-state index in [1.165, 1.54) is 6.92 Å². The Morgan fingerprint density at radius 3 is 1.73 bits per heavy atom. The standard InChI is InChI=1S/C88H144NO38/c1-13-37(4)40(24-41(93)26-43(95)27-50(38(5)14-2)119-78-68(110)61(103)49(15-3)118-78)25-42(94)28-57(100)89-58-51(31-90)120-81(73(63(58)105)125-77-70(112)65(107)71(39(6)117-77)123-75-66(108)59(101)46(96)33-114-75)127-82(113)88-23-22-83(7,8)29-45(88)44-16-17-54-84(9)20-19-56(85(10,36-92)53(84)18-21-86(54,11)87(44,12)30-55(88)99)122-80-74(126-79-69(111)64(106)62(104)52(32-91)121-79)72(48(98)35-116-80)124-76-67(109)60(102)47(97)34-115-76/h16,35-40,42-43,45-56,58-81,90-91,94-99,101-112H,13-15,17-34H2,1-12H3,(H,89,100)/t37-,38-,39?,40+,42+,43-,45?,46-,47+,48+,49+,50+,51?,52?,53-,54?,55?,56+,58-,59?,60+,61-,62+,63?,64+,65?,66-,67?,68?,69?,70+,71-,72+,73-,74?,75-,76+,77-,78-,79+,80+,81-,84?,85-,86+,87-,88-/m1/s1. The number of aldehydes is 1. The van der Waals surface area contributed by atoms with Gasteiger partial charge in [-0.1, -0.05) is 101 Å². The van der Waals surface area contributed by atoms with E-state index in [0.29, 0.717) is 57.8 Å². The van der Waals surface area contributed by atoms with Crippen LogP contribution in [0.3, 0.4) is 0 Å². The van der Waals surface area contributed by atoms with Gasteiger partial charge in [0.15, 0.2) is 43.8 Å². The van der Waals surface area contributed by atoms with Crippen LogP contribution in [0.2, 0.25) is 0 Å². The summed E-state index contributed by atoms with van der Waals surface area (Å²) in [5.41, 5.74) is -4.94. The second kappa shape index (κ2) is 41.3. The minimum absolute atomic E-state index is 0.00162. The number of Topliss-reactive ketones (excluding diaryl/α,β-unsaturated/α-hetero) is 1. The van der Waals surface area contributed by atoms with Crippen molar-refractivity contribution in [3.63, 3.8) is 0 Å². The summed E-state index contributed by atoms with van der Waals surface area (Å²) < 4.78 is 85.5. The molecule has 7 saturated heterocycles. The molecule has 39 nitrogen and oxygen atoms in total. The maximum Gasteiger partial charge on any atom is 0.317 e. The van der Waals surface area contributed by atoms with Gasteiger partial charge in [-0.05, 0) is 135 Å². The van der Waals surface area contributed by atoms with E-state index in [9.17, 15) is 117 Å². The lowest BCUT2D eigenvalue weighted by Crippen LogP contribution is -2.70. The number of aliphatic hydroxyl groups excluding tert-OH is 20. The molecule has 729 valence electrons. The third-order valence-corrected chi connectivity index (χ3v) is 31.9. The van der Waals surface area contributed by atoms with Gasteiger partial charge in [-0.3, -0.25) is 14.4 Å². The smallest absolute Gasteiger partial charge is 0.317 e. The zero-order valence-electron chi connectivity index (χ0n) is 74.6. The van der Waals surface area contributed by atoms with Gasteiger partial charge in [0, 0.05) is 19.3 Å². The number of nitrogens with one attached hydrogen (secondary N) is 1. The van der Waals surface area contributed by atoms with E-state index in [4.69, 9.17) is 66.3 Å². The van der Waals surface area contributed by atoms with Gasteiger partial charge < -0.3 is 179 Å². The van der Waals surface area contributed by atoms with Crippen LogP contribution in [0.25, 0.3) is 0 Å². The van der Waals surface area contributed by atoms with Crippen molar-refractivity contribution in [1.82, 2.24) is 5.32 Å². The summed E-state index contributed by atoms with van der Waals surface area (Å²) in [5, 5.41) is 227. The highest BCUT2D eigenvalue weighted by Gasteiger charge is 2.73. The van der Waals surface area contributed by atoms with E-state index in [1.807, 2.05) is 27.7 Å². The minimum Gasteiger partial charge on any atom is -0.432 e. The minimum atomic E-state index is -2.11. The first-order valence-corrected chi connectivity index (χ1v) is 45.7. The number of esters is 1. The number of allylic oxidation sites excluding steroid dienone is 2. The Bertz CT molecular complexity index is 3670. The normalized spacial score (nSPS) is 48.4. The first kappa shape index (κ1) is 103. The number of amides is 1. The molecule has 11 fully saturated rings. The van der Waals surface area contributed by atoms with Gasteiger partial charge in [-0.25, -0.2) is 0 Å². The molecule has 0 spiro atoms. The molecule has 0 aromatic carbocycles. The molecule has 0 aromatic rings. The Morgan fingerprint density at radius 1 is 0.551 bits per heavy atom. The Labute approximate surface area is 739 Å². The number of carbonyl (C=O) groups excluding carboxylic acids is 4. The van der Waals surface area contributed by atoms with Crippen LogP contribution in [0, 0.1) is 74.6 Å². The van der Waals surface area contributed by atoms with Crippen molar-refractivity contribution in [2.24, 2.45) is 68.0 Å². The van der Waals surface area contributed by atoms with Crippen LogP contribution in [-0.2, 0) is 85.5 Å². The molecule has 0 aromatic heterocycles. The fraction of sp³-hybridized carbons (Fsp3) is 0.920. The predicted molar refractivity (Wildman–Crippen MR) is 434 cm³/mol. The summed E-state index contributed by atoms with van der Waals surface area (Å²) in [4.78, 5) is 59.0. The average molecular weight is 1820 g/mol. The van der Waals surface area contributed by atoms with Gasteiger partial charge in [0.1, 0.15) is 146 Å². The van der Waals surface area contributed by atoms with E-state index in [-0.39, 0.29) is 68.5 Å². The lowest BCUT2D eigenvalue weighted by Gasteiger charge is -2.71. The highest BCUT2D eigenvalue weighted by Crippen LogP contribution is 2.76. The average Bonchev–Trinajstić information content (AvgIpc) is 0.759. The molecule has 1 radical (unpaired) electrons. The third-order valence-electron chi connectivity index (χ3n) is 31.9. The number of hydrogen-bond acceptors (Lipinski definition) is 38. The van der Waals surface area contributed by atoms with Crippen molar-refractivity contribution in [2.45, 2.75) is 413 Å². The molecule has 127 heavy (non-hydrogen) atoms. The molecule has 47 atom stereocenters. The van der Waals surface area contributed by atoms with Crippen molar-refractivity contribution < 1.29 is 188 Å². The highest BCUT2D eigenvalue weighted by molar-refractivity contribution is 5.80.